The molecule has 0 rings (SSSR count). The Balaban J connectivity index is -0.000000740. The minimum Gasteiger partial charge on any atom is -0.179 e. The van der Waals surface area contributed by atoms with Gasteiger partial charge in [0.2, 0.25) is 0 Å². The smallest absolute Gasteiger partial charge is 0.00979 e. The molecule has 2 heteroatoms. The Morgan fingerprint density at radius 3 is 0.952 bits per heavy atom. The van der Waals surface area contributed by atoms with Crippen LogP contribution < -0.4 is 0 Å². The number of unbranched alkanes of at least 4 members (excludes halogenated alkanes) is 13. The summed E-state index contributed by atoms with van der Waals surface area (Å²) in [5, 5.41) is 0. The maximum absolute atomic E-state index is 4.23. The lowest BCUT2D eigenvalue weighted by Gasteiger charge is -2.02. The Morgan fingerprint density at radius 2 is 0.714 bits per heavy atom. The number of rotatable bonds is 14. The third-order valence-corrected chi connectivity index (χ3v) is 3.83. The van der Waals surface area contributed by atoms with Crippen LogP contribution in [0.4, 0.5) is 0 Å². The van der Waals surface area contributed by atoms with Crippen molar-refractivity contribution in [2.45, 2.75) is 117 Å². The van der Waals surface area contributed by atoms with Gasteiger partial charge in [-0.1, -0.05) is 111 Å². The fourth-order valence-electron chi connectivity index (χ4n) is 2.31. The molecule has 0 radical (unpaired) electrons. The summed E-state index contributed by atoms with van der Waals surface area (Å²) in [5.41, 5.74) is 0. The highest BCUT2D eigenvalue weighted by molar-refractivity contribution is 14.0. The van der Waals surface area contributed by atoms with E-state index in [-0.39, 0.29) is 24.0 Å². The van der Waals surface area contributed by atoms with E-state index in [1.807, 2.05) is 0 Å². The van der Waals surface area contributed by atoms with E-state index in [4.69, 9.17) is 0 Å². The van der Waals surface area contributed by atoms with Gasteiger partial charge in [-0.05, 0) is 12.2 Å². The number of thiol groups is 1. The van der Waals surface area contributed by atoms with Crippen LogP contribution in [-0.4, -0.2) is 5.75 Å². The molecule has 0 bridgehead atoms. The van der Waals surface area contributed by atoms with Gasteiger partial charge in [-0.15, -0.1) is 24.0 Å². The van der Waals surface area contributed by atoms with Gasteiger partial charge in [0.15, 0.2) is 0 Å². The largest absolute Gasteiger partial charge is 0.179 e. The van der Waals surface area contributed by atoms with Crippen molar-refractivity contribution in [3.05, 3.63) is 0 Å². The first kappa shape index (κ1) is 27.0. The average molecular weight is 431 g/mol. The summed E-state index contributed by atoms with van der Waals surface area (Å²) in [7, 11) is 0. The molecule has 0 aliphatic heterocycles. The summed E-state index contributed by atoms with van der Waals surface area (Å²) in [5.74, 6) is 1.07. The Bertz CT molecular complexity index is 126. The van der Waals surface area contributed by atoms with Gasteiger partial charge >= 0.3 is 0 Å². The Labute approximate surface area is 159 Å². The lowest BCUT2D eigenvalue weighted by Crippen LogP contribution is -1.83. The van der Waals surface area contributed by atoms with E-state index in [2.05, 4.69) is 33.4 Å². The minimum atomic E-state index is 0. The van der Waals surface area contributed by atoms with Crippen LogP contribution in [0.1, 0.15) is 117 Å². The van der Waals surface area contributed by atoms with E-state index < -0.39 is 0 Å². The molecule has 0 unspecified atom stereocenters. The molecule has 0 nitrogen and oxygen atoms in total. The van der Waals surface area contributed by atoms with Crippen LogP contribution in [0.5, 0.6) is 0 Å². The fourth-order valence-corrected chi connectivity index (χ4v) is 2.53. The van der Waals surface area contributed by atoms with E-state index in [0.717, 1.165) is 5.75 Å². The van der Waals surface area contributed by atoms with Crippen molar-refractivity contribution in [1.29, 1.82) is 0 Å². The first-order valence-electron chi connectivity index (χ1n) is 9.44. The molecule has 21 heavy (non-hydrogen) atoms. The third-order valence-electron chi connectivity index (χ3n) is 3.51. The van der Waals surface area contributed by atoms with Gasteiger partial charge in [0.1, 0.15) is 0 Å². The van der Waals surface area contributed by atoms with Gasteiger partial charge in [-0.3, -0.25) is 0 Å². The first-order valence-corrected chi connectivity index (χ1v) is 10.1. The normalized spacial score (nSPS) is 9.71. The molecule has 0 spiro atoms. The van der Waals surface area contributed by atoms with Crippen LogP contribution >= 0.6 is 36.6 Å². The van der Waals surface area contributed by atoms with E-state index in [0.29, 0.717) is 0 Å². The summed E-state index contributed by atoms with van der Waals surface area (Å²) < 4.78 is 0. The van der Waals surface area contributed by atoms with Gasteiger partial charge in [0, 0.05) is 0 Å². The van der Waals surface area contributed by atoms with Crippen LogP contribution in [-0.2, 0) is 0 Å². The van der Waals surface area contributed by atoms with E-state index in [1.165, 1.54) is 96.3 Å². The quantitative estimate of drug-likeness (QED) is 0.160. The molecule has 0 aromatic rings. The van der Waals surface area contributed by atoms with Crippen LogP contribution in [0.3, 0.4) is 0 Å². The van der Waals surface area contributed by atoms with Gasteiger partial charge < -0.3 is 0 Å². The zero-order chi connectivity index (χ0) is 15.3. The third kappa shape index (κ3) is 33.7. The van der Waals surface area contributed by atoms with Gasteiger partial charge in [-0.2, -0.15) is 12.6 Å². The molecule has 0 aliphatic carbocycles. The number of hydrogen-bond donors (Lipinski definition) is 1. The molecule has 0 saturated carbocycles. The summed E-state index contributed by atoms with van der Waals surface area (Å²) in [6, 6.07) is 0. The summed E-state index contributed by atoms with van der Waals surface area (Å²) in [6.07, 6.45) is 21.4. The zero-order valence-electron chi connectivity index (χ0n) is 15.2. The highest BCUT2D eigenvalue weighted by Gasteiger charge is 1.93. The Hall–Kier alpha value is 1.08. The molecule has 0 fully saturated rings. The van der Waals surface area contributed by atoms with E-state index in [9.17, 15) is 0 Å². The highest BCUT2D eigenvalue weighted by Crippen LogP contribution is 2.12. The van der Waals surface area contributed by atoms with Gasteiger partial charge in [0.05, 0.1) is 0 Å². The second-order valence-electron chi connectivity index (χ2n) is 6.03. The lowest BCUT2D eigenvalue weighted by molar-refractivity contribution is 0.538. The molecule has 0 heterocycles. The Kier molecular flexibility index (Phi) is 37.4. The predicted molar refractivity (Wildman–Crippen MR) is 116 cm³/mol. The van der Waals surface area contributed by atoms with Crippen molar-refractivity contribution >= 4 is 36.6 Å². The van der Waals surface area contributed by atoms with Crippen molar-refractivity contribution in [2.75, 3.05) is 5.75 Å². The Morgan fingerprint density at radius 1 is 0.476 bits per heavy atom. The minimum absolute atomic E-state index is 0. The predicted octanol–water partition coefficient (Wildman–Crippen LogP) is 8.43. The molecule has 0 aromatic carbocycles. The summed E-state index contributed by atoms with van der Waals surface area (Å²) >= 11 is 4.23. The lowest BCUT2D eigenvalue weighted by atomic mass is 10.0. The maximum atomic E-state index is 4.23. The molecular formula is C19H43IS. The van der Waals surface area contributed by atoms with Crippen molar-refractivity contribution in [3.63, 3.8) is 0 Å². The average Bonchev–Trinajstić information content (AvgIpc) is 2.45. The van der Waals surface area contributed by atoms with Crippen LogP contribution in [0.2, 0.25) is 0 Å². The monoisotopic (exact) mass is 430 g/mol. The van der Waals surface area contributed by atoms with Crippen molar-refractivity contribution in [2.24, 2.45) is 0 Å². The molecular weight excluding hydrogens is 387 g/mol. The van der Waals surface area contributed by atoms with Gasteiger partial charge in [0.25, 0.3) is 0 Å². The molecule has 0 aliphatic rings. The SMILES string of the molecule is CCC.CCCCCCCCCCCCCCCCS.I. The van der Waals surface area contributed by atoms with Crippen molar-refractivity contribution < 1.29 is 0 Å². The number of halogens is 1. The molecule has 0 saturated heterocycles. The highest BCUT2D eigenvalue weighted by atomic mass is 127. The summed E-state index contributed by atoms with van der Waals surface area (Å²) in [6.45, 7) is 6.54. The first-order chi connectivity index (χ1) is 9.83. The standard InChI is InChI=1S/C16H34S.C3H8.HI/c1-2-3-4-5-6-7-8-9-10-11-12-13-14-15-16-17;1-3-2;/h17H,2-16H2,1H3;3H2,1-2H3;1H. The van der Waals surface area contributed by atoms with Crippen LogP contribution in [0.15, 0.2) is 0 Å². The van der Waals surface area contributed by atoms with Crippen LogP contribution in [0.25, 0.3) is 0 Å². The van der Waals surface area contributed by atoms with E-state index >= 15 is 0 Å². The zero-order valence-corrected chi connectivity index (χ0v) is 18.4. The number of hydrogen-bond acceptors (Lipinski definition) is 1. The molecule has 0 aromatic heterocycles. The van der Waals surface area contributed by atoms with Crippen LogP contribution in [0, 0.1) is 0 Å². The van der Waals surface area contributed by atoms with E-state index in [1.54, 1.807) is 0 Å². The maximum Gasteiger partial charge on any atom is -0.00979 e. The second-order valence-corrected chi connectivity index (χ2v) is 6.47. The summed E-state index contributed by atoms with van der Waals surface area (Å²) in [4.78, 5) is 0. The topological polar surface area (TPSA) is 0 Å². The fraction of sp³-hybridized carbons (Fsp3) is 1.00. The van der Waals surface area contributed by atoms with Crippen molar-refractivity contribution in [3.8, 4) is 0 Å². The van der Waals surface area contributed by atoms with Gasteiger partial charge in [-0.25, -0.2) is 0 Å². The second kappa shape index (κ2) is 29.1. The van der Waals surface area contributed by atoms with Crippen molar-refractivity contribution in [1.82, 2.24) is 0 Å². The molecule has 0 N–H and O–H groups in total. The molecule has 0 atom stereocenters. The molecule has 0 amide bonds. The molecule has 132 valence electrons.